The van der Waals surface area contributed by atoms with Gasteiger partial charge in [0, 0.05) is 18.7 Å². The summed E-state index contributed by atoms with van der Waals surface area (Å²) in [6.07, 6.45) is 5.60. The monoisotopic (exact) mass is 414 g/mol. The van der Waals surface area contributed by atoms with E-state index in [4.69, 9.17) is 4.52 Å². The molecule has 1 saturated heterocycles. The minimum absolute atomic E-state index is 0.533. The van der Waals surface area contributed by atoms with E-state index in [0.717, 1.165) is 63.5 Å². The Hall–Kier alpha value is -1.76. The van der Waals surface area contributed by atoms with Gasteiger partial charge in [0.1, 0.15) is 0 Å². The second-order valence-corrected chi connectivity index (χ2v) is 9.45. The zero-order valence-corrected chi connectivity index (χ0v) is 18.9. The van der Waals surface area contributed by atoms with Gasteiger partial charge >= 0.3 is 0 Å². The van der Waals surface area contributed by atoms with Crippen LogP contribution in [-0.2, 0) is 6.54 Å². The molecule has 1 atom stereocenters. The zero-order chi connectivity index (χ0) is 21.4. The predicted octanol–water partition coefficient (Wildman–Crippen LogP) is 4.21. The summed E-state index contributed by atoms with van der Waals surface area (Å²) in [6, 6.07) is 9.94. The lowest BCUT2D eigenvalue weighted by Gasteiger charge is -2.23. The van der Waals surface area contributed by atoms with E-state index in [-0.39, 0.29) is 0 Å². The quantitative estimate of drug-likeness (QED) is 0.628. The third kappa shape index (κ3) is 7.82. The average molecular weight is 415 g/mol. The number of rotatable bonds is 10. The second kappa shape index (κ2) is 11.0. The van der Waals surface area contributed by atoms with Crippen molar-refractivity contribution in [1.29, 1.82) is 0 Å². The summed E-state index contributed by atoms with van der Waals surface area (Å²) in [4.78, 5) is 9.61. The lowest BCUT2D eigenvalue weighted by molar-refractivity contribution is 0.0667. The van der Waals surface area contributed by atoms with Gasteiger partial charge in [0.25, 0.3) is 5.89 Å². The maximum atomic E-state index is 9.86. The molecule has 0 amide bonds. The summed E-state index contributed by atoms with van der Waals surface area (Å²) < 4.78 is 5.45. The van der Waals surface area contributed by atoms with Gasteiger partial charge in [-0.05, 0) is 70.8 Å². The lowest BCUT2D eigenvalue weighted by atomic mass is 9.95. The number of hydrogen-bond acceptors (Lipinski definition) is 6. The molecule has 30 heavy (non-hydrogen) atoms. The molecule has 1 aliphatic heterocycles. The standard InChI is InChI=1S/C24H38N4O2/c1-20(9-7-13-24(2,3)29)12-16-27-14-8-15-28(18-17-27)19-22-25-23(30-26-22)21-10-5-4-6-11-21/h4-6,10-11,20,29H,7-9,12-19H2,1-3H3. The van der Waals surface area contributed by atoms with Crippen LogP contribution in [0.1, 0.15) is 58.7 Å². The summed E-state index contributed by atoms with van der Waals surface area (Å²) in [5, 5.41) is 14.0. The number of aromatic nitrogens is 2. The Bertz CT molecular complexity index is 741. The third-order valence-corrected chi connectivity index (χ3v) is 5.96. The summed E-state index contributed by atoms with van der Waals surface area (Å²) in [5.74, 6) is 2.07. The summed E-state index contributed by atoms with van der Waals surface area (Å²) in [5.41, 5.74) is 0.434. The molecule has 1 unspecified atom stereocenters. The van der Waals surface area contributed by atoms with Gasteiger partial charge < -0.3 is 14.5 Å². The molecule has 1 fully saturated rings. The van der Waals surface area contributed by atoms with Gasteiger partial charge in [0.15, 0.2) is 5.82 Å². The van der Waals surface area contributed by atoms with E-state index >= 15 is 0 Å². The minimum atomic E-state index is -0.533. The largest absolute Gasteiger partial charge is 0.390 e. The molecule has 1 aromatic carbocycles. The van der Waals surface area contributed by atoms with Gasteiger partial charge in [-0.3, -0.25) is 4.90 Å². The van der Waals surface area contributed by atoms with Crippen LogP contribution in [0.3, 0.4) is 0 Å². The Kier molecular flexibility index (Phi) is 8.42. The van der Waals surface area contributed by atoms with E-state index in [0.29, 0.717) is 11.8 Å². The molecule has 0 spiro atoms. The van der Waals surface area contributed by atoms with Crippen LogP contribution in [0.25, 0.3) is 11.5 Å². The van der Waals surface area contributed by atoms with Crippen LogP contribution in [0.2, 0.25) is 0 Å². The van der Waals surface area contributed by atoms with Crippen LogP contribution in [0, 0.1) is 5.92 Å². The van der Waals surface area contributed by atoms with Crippen molar-refractivity contribution in [3.05, 3.63) is 36.2 Å². The number of hydrogen-bond donors (Lipinski definition) is 1. The molecule has 166 valence electrons. The molecule has 1 N–H and O–H groups in total. The summed E-state index contributed by atoms with van der Waals surface area (Å²) in [7, 11) is 0. The highest BCUT2D eigenvalue weighted by molar-refractivity contribution is 5.51. The smallest absolute Gasteiger partial charge is 0.257 e. The van der Waals surface area contributed by atoms with E-state index in [1.54, 1.807) is 0 Å². The maximum Gasteiger partial charge on any atom is 0.257 e. The molecule has 0 aliphatic carbocycles. The van der Waals surface area contributed by atoms with Gasteiger partial charge in [-0.15, -0.1) is 0 Å². The maximum absolute atomic E-state index is 9.86. The number of aliphatic hydroxyl groups is 1. The molecule has 1 aliphatic rings. The van der Waals surface area contributed by atoms with E-state index in [1.807, 2.05) is 44.2 Å². The fourth-order valence-corrected chi connectivity index (χ4v) is 4.05. The van der Waals surface area contributed by atoms with Crippen molar-refractivity contribution in [1.82, 2.24) is 19.9 Å². The first-order valence-corrected chi connectivity index (χ1v) is 11.4. The van der Waals surface area contributed by atoms with Gasteiger partial charge in [-0.1, -0.05) is 43.1 Å². The van der Waals surface area contributed by atoms with E-state index < -0.39 is 5.60 Å². The van der Waals surface area contributed by atoms with Crippen molar-refractivity contribution >= 4 is 0 Å². The van der Waals surface area contributed by atoms with Gasteiger partial charge in [0.05, 0.1) is 12.1 Å². The molecule has 2 heterocycles. The van der Waals surface area contributed by atoms with Gasteiger partial charge in [-0.25, -0.2) is 0 Å². The topological polar surface area (TPSA) is 65.6 Å². The normalized spacial score (nSPS) is 17.7. The highest BCUT2D eigenvalue weighted by atomic mass is 16.5. The molecule has 0 saturated carbocycles. The van der Waals surface area contributed by atoms with Crippen molar-refractivity contribution in [3.63, 3.8) is 0 Å². The van der Waals surface area contributed by atoms with Crippen LogP contribution in [0.15, 0.2) is 34.9 Å². The van der Waals surface area contributed by atoms with Crippen molar-refractivity contribution < 1.29 is 9.63 Å². The molecule has 1 aromatic heterocycles. The molecule has 0 bridgehead atoms. The zero-order valence-electron chi connectivity index (χ0n) is 18.9. The minimum Gasteiger partial charge on any atom is -0.390 e. The second-order valence-electron chi connectivity index (χ2n) is 9.45. The summed E-state index contributed by atoms with van der Waals surface area (Å²) >= 11 is 0. The molecule has 0 radical (unpaired) electrons. The molecule has 6 nitrogen and oxygen atoms in total. The Labute approximate surface area is 181 Å². The Morgan fingerprint density at radius 2 is 1.80 bits per heavy atom. The van der Waals surface area contributed by atoms with Crippen molar-refractivity contribution in [2.45, 2.75) is 65.0 Å². The Balaban J connectivity index is 1.38. The first-order valence-electron chi connectivity index (χ1n) is 11.4. The SMILES string of the molecule is CC(CCCC(C)(C)O)CCN1CCCN(Cc2noc(-c3ccccc3)n2)CC1. The van der Waals surface area contributed by atoms with Crippen LogP contribution >= 0.6 is 0 Å². The summed E-state index contributed by atoms with van der Waals surface area (Å²) in [6.45, 7) is 12.4. The highest BCUT2D eigenvalue weighted by Gasteiger charge is 2.18. The molecule has 2 aromatic rings. The molecular formula is C24H38N4O2. The molecule has 3 rings (SSSR count). The van der Waals surface area contributed by atoms with Crippen LogP contribution in [-0.4, -0.2) is 63.4 Å². The van der Waals surface area contributed by atoms with Gasteiger partial charge in [-0.2, -0.15) is 4.98 Å². The lowest BCUT2D eigenvalue weighted by Crippen LogP contribution is -2.32. The number of benzene rings is 1. The van der Waals surface area contributed by atoms with Crippen molar-refractivity contribution in [2.75, 3.05) is 32.7 Å². The Morgan fingerprint density at radius 3 is 2.57 bits per heavy atom. The van der Waals surface area contributed by atoms with Crippen molar-refractivity contribution in [2.24, 2.45) is 5.92 Å². The van der Waals surface area contributed by atoms with Crippen LogP contribution in [0.4, 0.5) is 0 Å². The van der Waals surface area contributed by atoms with Gasteiger partial charge in [0.2, 0.25) is 0 Å². The fourth-order valence-electron chi connectivity index (χ4n) is 4.05. The van der Waals surface area contributed by atoms with Crippen LogP contribution < -0.4 is 0 Å². The van der Waals surface area contributed by atoms with E-state index in [1.165, 1.54) is 19.3 Å². The first kappa shape index (κ1) is 22.9. The van der Waals surface area contributed by atoms with E-state index in [2.05, 4.69) is 26.9 Å². The fraction of sp³-hybridized carbons (Fsp3) is 0.667. The van der Waals surface area contributed by atoms with Crippen LogP contribution in [0.5, 0.6) is 0 Å². The highest BCUT2D eigenvalue weighted by Crippen LogP contribution is 2.19. The molecular weight excluding hydrogens is 376 g/mol. The first-order chi connectivity index (χ1) is 14.4. The Morgan fingerprint density at radius 1 is 1.07 bits per heavy atom. The van der Waals surface area contributed by atoms with Crippen molar-refractivity contribution in [3.8, 4) is 11.5 Å². The van der Waals surface area contributed by atoms with E-state index in [9.17, 15) is 5.11 Å². The third-order valence-electron chi connectivity index (χ3n) is 5.96. The molecule has 6 heteroatoms. The average Bonchev–Trinajstić information content (AvgIpc) is 3.06. The number of nitrogens with zero attached hydrogens (tertiary/aromatic N) is 4. The predicted molar refractivity (Wildman–Crippen MR) is 120 cm³/mol.